The van der Waals surface area contributed by atoms with Crippen LogP contribution < -0.4 is 5.32 Å². The predicted molar refractivity (Wildman–Crippen MR) is 369 cm³/mol. The summed E-state index contributed by atoms with van der Waals surface area (Å²) in [5.74, 6) is -0.511. The molecule has 0 rings (SSSR count). The predicted octanol–water partition coefficient (Wildman–Crippen LogP) is 22.9. The number of nitrogens with one attached hydrogen (secondary N) is 1. The maximum absolute atomic E-state index is 13.6. The number of hydrogen-bond donors (Lipinski definition) is 2. The summed E-state index contributed by atoms with van der Waals surface area (Å²) in [4.78, 5) is 37.9. The van der Waals surface area contributed by atoms with Crippen LogP contribution in [0.15, 0.2) is 85.1 Å². The van der Waals surface area contributed by atoms with Crippen molar-refractivity contribution < 1.29 is 37.3 Å². The molecule has 0 saturated heterocycles. The minimum Gasteiger partial charge on any atom is -0.456 e. The third-order valence-electron chi connectivity index (χ3n) is 15.8. The number of amides is 1. The Morgan fingerprint density at radius 3 is 1.13 bits per heavy atom. The van der Waals surface area contributed by atoms with E-state index in [1.165, 1.54) is 173 Å². The number of carbonyl (C=O) groups is 2. The molecule has 3 unspecified atom stereocenters. The van der Waals surface area contributed by atoms with Gasteiger partial charge in [0.15, 0.2) is 0 Å². The molecule has 0 aromatic heterocycles. The van der Waals surface area contributed by atoms with Gasteiger partial charge in [0.2, 0.25) is 5.91 Å². The first kappa shape index (κ1) is 82.2. The van der Waals surface area contributed by atoms with Crippen LogP contribution in [-0.2, 0) is 27.9 Å². The van der Waals surface area contributed by atoms with Crippen LogP contribution in [0.4, 0.5) is 0 Å². The fraction of sp³-hybridized carbons (Fsp3) is 0.787. The number of unbranched alkanes of at least 4 members (excludes halogenated alkanes) is 37. The summed E-state index contributed by atoms with van der Waals surface area (Å²) in [6.07, 6.45) is 85.9. The van der Waals surface area contributed by atoms with Crippen LogP contribution in [0.25, 0.3) is 0 Å². The van der Waals surface area contributed by atoms with Gasteiger partial charge in [0, 0.05) is 12.8 Å². The minimum atomic E-state index is -4.46. The van der Waals surface area contributed by atoms with E-state index in [-0.39, 0.29) is 31.5 Å². The van der Waals surface area contributed by atoms with Crippen molar-refractivity contribution in [2.75, 3.05) is 40.9 Å². The molecule has 494 valence electrons. The van der Waals surface area contributed by atoms with Crippen molar-refractivity contribution in [3.8, 4) is 0 Å². The molecule has 0 fully saturated rings. The standard InChI is InChI=1S/C75H137N2O7P/c1-7-10-13-16-19-22-25-28-30-32-34-36-37-38-39-41-42-44-46-49-52-55-58-61-64-67-74(78)76-72(71-83-85(80,81)82-70-69-77(4,5)6)73(66-63-60-57-54-51-48-27-24-21-18-15-12-9-3)84-75(79)68-65-62-59-56-53-50-47-45-43-40-35-33-31-29-26-23-20-17-14-11-8-2/h10,13,19,22,28,30,34,36,38-39,42,44,63,66,72-73H,7-9,11-12,14-18,20-21,23-27,29,31-33,35,37,40-41,43,45-62,64-65,67-71H2,1-6H3,(H-,76,78,80,81)/p+1/b13-10-,22-19-,30-28-,36-34-,39-38-,44-42-,66-63+. The van der Waals surface area contributed by atoms with E-state index in [9.17, 15) is 19.0 Å². The average molecular weight is 1210 g/mol. The monoisotopic (exact) mass is 1210 g/mol. The molecule has 0 spiro atoms. The van der Waals surface area contributed by atoms with E-state index in [4.69, 9.17) is 13.8 Å². The van der Waals surface area contributed by atoms with Gasteiger partial charge < -0.3 is 19.4 Å². The lowest BCUT2D eigenvalue weighted by Gasteiger charge is -2.27. The number of allylic oxidation sites excluding steroid dienone is 13. The lowest BCUT2D eigenvalue weighted by molar-refractivity contribution is -0.870. The van der Waals surface area contributed by atoms with E-state index >= 15 is 0 Å². The first-order valence-electron chi connectivity index (χ1n) is 35.9. The molecule has 0 aliphatic rings. The Kier molecular flexibility index (Phi) is 62.1. The van der Waals surface area contributed by atoms with E-state index in [0.717, 1.165) is 122 Å². The Morgan fingerprint density at radius 2 is 0.753 bits per heavy atom. The summed E-state index contributed by atoms with van der Waals surface area (Å²) in [5, 5.41) is 3.07. The Morgan fingerprint density at radius 1 is 0.424 bits per heavy atom. The van der Waals surface area contributed by atoms with Crippen molar-refractivity contribution in [2.24, 2.45) is 0 Å². The number of nitrogens with zero attached hydrogens (tertiary/aromatic N) is 1. The molecule has 0 aliphatic heterocycles. The number of likely N-dealkylation sites (N-methyl/N-ethyl adjacent to an activating group) is 1. The zero-order valence-corrected chi connectivity index (χ0v) is 57.5. The SMILES string of the molecule is CC/C=C\C/C=C\C/C=C\C/C=C\C/C=C\C/C=C\CCCCCCCCC(=O)NC(COP(=O)(O)OCC[N+](C)(C)C)C(/C=C/CCCCCCCCCCCCC)OC(=O)CCCCCCCCCCCCCCCCCCCCCCC. The second-order valence-electron chi connectivity index (χ2n) is 25.4. The molecule has 0 radical (unpaired) electrons. The summed E-state index contributed by atoms with van der Waals surface area (Å²) in [6, 6.07) is -0.860. The lowest BCUT2D eigenvalue weighted by Crippen LogP contribution is -2.47. The number of carbonyl (C=O) groups excluding carboxylic acids is 2. The van der Waals surface area contributed by atoms with Crippen molar-refractivity contribution in [3.63, 3.8) is 0 Å². The van der Waals surface area contributed by atoms with E-state index < -0.39 is 20.0 Å². The van der Waals surface area contributed by atoms with Gasteiger partial charge in [-0.1, -0.05) is 318 Å². The van der Waals surface area contributed by atoms with Crippen LogP contribution in [0.5, 0.6) is 0 Å². The fourth-order valence-corrected chi connectivity index (χ4v) is 11.1. The summed E-state index contributed by atoms with van der Waals surface area (Å²) in [7, 11) is 1.49. The third kappa shape index (κ3) is 65.5. The van der Waals surface area contributed by atoms with Gasteiger partial charge in [0.25, 0.3) is 0 Å². The molecule has 0 heterocycles. The van der Waals surface area contributed by atoms with Crippen LogP contribution in [0.3, 0.4) is 0 Å². The fourth-order valence-electron chi connectivity index (χ4n) is 10.4. The van der Waals surface area contributed by atoms with E-state index in [2.05, 4.69) is 99.0 Å². The highest BCUT2D eigenvalue weighted by Gasteiger charge is 2.30. The smallest absolute Gasteiger partial charge is 0.456 e. The zero-order valence-electron chi connectivity index (χ0n) is 56.6. The van der Waals surface area contributed by atoms with Gasteiger partial charge >= 0.3 is 13.8 Å². The first-order valence-corrected chi connectivity index (χ1v) is 37.4. The molecule has 0 aromatic rings. The van der Waals surface area contributed by atoms with Crippen molar-refractivity contribution in [2.45, 2.75) is 341 Å². The van der Waals surface area contributed by atoms with Crippen molar-refractivity contribution in [1.29, 1.82) is 0 Å². The van der Waals surface area contributed by atoms with Crippen LogP contribution in [0.2, 0.25) is 0 Å². The van der Waals surface area contributed by atoms with Gasteiger partial charge in [-0.3, -0.25) is 18.6 Å². The number of phosphoric acid groups is 1. The van der Waals surface area contributed by atoms with Gasteiger partial charge in [0.05, 0.1) is 33.8 Å². The highest BCUT2D eigenvalue weighted by Crippen LogP contribution is 2.43. The van der Waals surface area contributed by atoms with Gasteiger partial charge in [0.1, 0.15) is 19.3 Å². The van der Waals surface area contributed by atoms with Crippen LogP contribution >= 0.6 is 7.82 Å². The Balaban J connectivity index is 5.14. The van der Waals surface area contributed by atoms with E-state index in [0.29, 0.717) is 17.4 Å². The molecule has 3 atom stereocenters. The van der Waals surface area contributed by atoms with Crippen LogP contribution in [-0.4, -0.2) is 74.3 Å². The number of phosphoric ester groups is 1. The second-order valence-corrected chi connectivity index (χ2v) is 26.8. The summed E-state index contributed by atoms with van der Waals surface area (Å²) in [5.41, 5.74) is 0. The number of ether oxygens (including phenoxy) is 1. The molecular weight excluding hydrogens is 1070 g/mol. The number of esters is 1. The topological polar surface area (TPSA) is 111 Å². The largest absolute Gasteiger partial charge is 0.472 e. The van der Waals surface area contributed by atoms with Gasteiger partial charge in [-0.15, -0.1) is 0 Å². The first-order chi connectivity index (χ1) is 41.4. The molecule has 10 heteroatoms. The molecule has 1 amide bonds. The summed E-state index contributed by atoms with van der Waals surface area (Å²) >= 11 is 0. The maximum atomic E-state index is 13.6. The summed E-state index contributed by atoms with van der Waals surface area (Å²) < 4.78 is 30.8. The molecule has 0 aliphatic carbocycles. The van der Waals surface area contributed by atoms with Crippen LogP contribution in [0, 0.1) is 0 Å². The molecule has 2 N–H and O–H groups in total. The maximum Gasteiger partial charge on any atom is 0.472 e. The highest BCUT2D eigenvalue weighted by molar-refractivity contribution is 7.47. The van der Waals surface area contributed by atoms with Gasteiger partial charge in [-0.2, -0.15) is 0 Å². The van der Waals surface area contributed by atoms with E-state index in [1.54, 1.807) is 0 Å². The highest BCUT2D eigenvalue weighted by atomic mass is 31.2. The summed E-state index contributed by atoms with van der Waals surface area (Å²) in [6.45, 7) is 6.93. The van der Waals surface area contributed by atoms with Crippen molar-refractivity contribution in [1.82, 2.24) is 5.32 Å². The van der Waals surface area contributed by atoms with Gasteiger partial charge in [-0.25, -0.2) is 4.57 Å². The molecule has 9 nitrogen and oxygen atoms in total. The Hall–Kier alpha value is -2.81. The third-order valence-corrected chi connectivity index (χ3v) is 16.8. The molecular formula is C75H138N2O7P+. The average Bonchev–Trinajstić information content (AvgIpc) is 3.64. The minimum absolute atomic E-state index is 0.0353. The van der Waals surface area contributed by atoms with E-state index in [1.807, 2.05) is 33.3 Å². The number of rotatable bonds is 65. The van der Waals surface area contributed by atoms with Crippen molar-refractivity contribution >= 4 is 19.7 Å². The molecule has 0 aromatic carbocycles. The van der Waals surface area contributed by atoms with Crippen LogP contribution in [0.1, 0.15) is 329 Å². The lowest BCUT2D eigenvalue weighted by atomic mass is 10.0. The molecule has 85 heavy (non-hydrogen) atoms. The second kappa shape index (κ2) is 64.2. The van der Waals surface area contributed by atoms with Crippen molar-refractivity contribution in [3.05, 3.63) is 85.1 Å². The number of quaternary nitrogens is 1. The Bertz CT molecular complexity index is 1730. The Labute approximate surface area is 526 Å². The zero-order chi connectivity index (χ0) is 62.1. The quantitative estimate of drug-likeness (QED) is 0.0205. The number of hydrogen-bond acceptors (Lipinski definition) is 6. The van der Waals surface area contributed by atoms with Gasteiger partial charge in [-0.05, 0) is 83.1 Å². The normalized spacial score (nSPS) is 14.0. The molecule has 0 bridgehead atoms. The molecule has 0 saturated carbocycles.